The summed E-state index contributed by atoms with van der Waals surface area (Å²) in [6, 6.07) is 0. The van der Waals surface area contributed by atoms with Crippen LogP contribution in [0.25, 0.3) is 22.4 Å². The molecule has 136 valence electrons. The number of fused-ring (bicyclic) bond motifs is 1. The maximum atomic E-state index is 12.6. The molecule has 0 aliphatic heterocycles. The number of aromatic nitrogens is 5. The van der Waals surface area contributed by atoms with E-state index in [1.54, 1.807) is 23.3 Å². The van der Waals surface area contributed by atoms with Gasteiger partial charge in [-0.05, 0) is 12.3 Å². The van der Waals surface area contributed by atoms with Gasteiger partial charge in [0.2, 0.25) is 0 Å². The first-order valence-corrected chi connectivity index (χ1v) is 9.32. The van der Waals surface area contributed by atoms with Crippen molar-refractivity contribution in [1.82, 2.24) is 30.0 Å². The van der Waals surface area contributed by atoms with Crippen molar-refractivity contribution in [3.8, 4) is 11.3 Å². The van der Waals surface area contributed by atoms with Crippen LogP contribution in [0.4, 0.5) is 0 Å². The van der Waals surface area contributed by atoms with Crippen molar-refractivity contribution >= 4 is 17.1 Å². The number of H-pyrrole nitrogens is 1. The van der Waals surface area contributed by atoms with Gasteiger partial charge in [0.15, 0.2) is 5.65 Å². The predicted octanol–water partition coefficient (Wildman–Crippen LogP) is 3.06. The monoisotopic (exact) mass is 352 g/mol. The first-order valence-electron chi connectivity index (χ1n) is 9.32. The Labute approximate surface area is 152 Å². The molecule has 1 aliphatic carbocycles. The highest BCUT2D eigenvalue weighted by molar-refractivity contribution is 6.04. The van der Waals surface area contributed by atoms with E-state index in [9.17, 15) is 4.79 Å². The van der Waals surface area contributed by atoms with E-state index < -0.39 is 0 Å². The van der Waals surface area contributed by atoms with Crippen molar-refractivity contribution in [2.45, 2.75) is 38.5 Å². The molecule has 0 saturated heterocycles. The fourth-order valence-electron chi connectivity index (χ4n) is 3.72. The van der Waals surface area contributed by atoms with Crippen LogP contribution in [0.5, 0.6) is 0 Å². The van der Waals surface area contributed by atoms with Crippen LogP contribution in [0.3, 0.4) is 0 Å². The van der Waals surface area contributed by atoms with Gasteiger partial charge in [-0.3, -0.25) is 9.48 Å². The van der Waals surface area contributed by atoms with Crippen molar-refractivity contribution in [3.63, 3.8) is 0 Å². The third kappa shape index (κ3) is 3.47. The van der Waals surface area contributed by atoms with Crippen molar-refractivity contribution in [1.29, 1.82) is 0 Å². The van der Waals surface area contributed by atoms with Crippen LogP contribution in [0.15, 0.2) is 24.8 Å². The Morgan fingerprint density at radius 1 is 1.31 bits per heavy atom. The summed E-state index contributed by atoms with van der Waals surface area (Å²) in [6.07, 6.45) is 14.7. The zero-order chi connectivity index (χ0) is 17.9. The summed E-state index contributed by atoms with van der Waals surface area (Å²) in [5.41, 5.74) is 3.35. The Bertz CT molecular complexity index is 906. The second-order valence-electron chi connectivity index (χ2n) is 7.11. The lowest BCUT2D eigenvalue weighted by Crippen LogP contribution is -2.26. The second kappa shape index (κ2) is 7.27. The molecule has 0 atom stereocenters. The number of carbonyl (C=O) groups excluding carboxylic acids is 1. The summed E-state index contributed by atoms with van der Waals surface area (Å²) < 4.78 is 1.72. The van der Waals surface area contributed by atoms with Gasteiger partial charge in [-0.15, -0.1) is 0 Å². The fourth-order valence-corrected chi connectivity index (χ4v) is 3.72. The minimum absolute atomic E-state index is 0.0929. The maximum Gasteiger partial charge on any atom is 0.255 e. The molecule has 3 aromatic heterocycles. The molecule has 3 aromatic rings. The van der Waals surface area contributed by atoms with E-state index in [1.165, 1.54) is 32.1 Å². The van der Waals surface area contributed by atoms with Gasteiger partial charge in [-0.2, -0.15) is 5.10 Å². The minimum atomic E-state index is -0.0929. The number of hydrogen-bond acceptors (Lipinski definition) is 4. The van der Waals surface area contributed by atoms with Gasteiger partial charge in [0, 0.05) is 31.5 Å². The van der Waals surface area contributed by atoms with Gasteiger partial charge in [-0.25, -0.2) is 9.97 Å². The Morgan fingerprint density at radius 3 is 2.92 bits per heavy atom. The van der Waals surface area contributed by atoms with Crippen LogP contribution in [0.1, 0.15) is 48.9 Å². The van der Waals surface area contributed by atoms with E-state index in [2.05, 4.69) is 25.4 Å². The number of hydrogen-bond donors (Lipinski definition) is 2. The fraction of sp³-hybridized carbons (Fsp3) is 0.474. The summed E-state index contributed by atoms with van der Waals surface area (Å²) in [4.78, 5) is 24.7. The first-order chi connectivity index (χ1) is 12.7. The molecule has 7 nitrogen and oxygen atoms in total. The Kier molecular flexibility index (Phi) is 4.69. The largest absolute Gasteiger partial charge is 0.352 e. The molecule has 2 N–H and O–H groups in total. The lowest BCUT2D eigenvalue weighted by Gasteiger charge is -2.21. The lowest BCUT2D eigenvalue weighted by molar-refractivity contribution is 0.0952. The molecule has 1 saturated carbocycles. The zero-order valence-electron chi connectivity index (χ0n) is 15.0. The average molecular weight is 352 g/mol. The molecular weight excluding hydrogens is 328 g/mol. The van der Waals surface area contributed by atoms with Crippen LogP contribution in [0.2, 0.25) is 0 Å². The molecule has 0 radical (unpaired) electrons. The third-order valence-electron chi connectivity index (χ3n) is 5.19. The highest BCUT2D eigenvalue weighted by Crippen LogP contribution is 2.26. The zero-order valence-corrected chi connectivity index (χ0v) is 15.0. The quantitative estimate of drug-likeness (QED) is 0.738. The number of amides is 1. The number of aromatic amines is 1. The first kappa shape index (κ1) is 16.8. The maximum absolute atomic E-state index is 12.6. The topological polar surface area (TPSA) is 88.5 Å². The normalized spacial score (nSPS) is 15.4. The van der Waals surface area contributed by atoms with Crippen LogP contribution >= 0.6 is 0 Å². The molecule has 1 amide bonds. The van der Waals surface area contributed by atoms with Gasteiger partial charge < -0.3 is 10.3 Å². The molecule has 4 rings (SSSR count). The second-order valence-corrected chi connectivity index (χ2v) is 7.11. The van der Waals surface area contributed by atoms with Crippen LogP contribution in [-0.4, -0.2) is 37.2 Å². The summed E-state index contributed by atoms with van der Waals surface area (Å²) >= 11 is 0. The summed E-state index contributed by atoms with van der Waals surface area (Å²) in [6.45, 7) is 0.714. The SMILES string of the molecule is Cn1cc(-c2cnc3[nH]cc(C(=O)NCCC4CCCCC4)c3n2)cn1. The molecule has 0 spiro atoms. The average Bonchev–Trinajstić information content (AvgIpc) is 3.28. The summed E-state index contributed by atoms with van der Waals surface area (Å²) in [7, 11) is 1.86. The number of nitrogens with one attached hydrogen (secondary N) is 2. The molecule has 7 heteroatoms. The van der Waals surface area contributed by atoms with Crippen LogP contribution < -0.4 is 5.32 Å². The molecule has 3 heterocycles. The molecule has 1 aliphatic rings. The van der Waals surface area contributed by atoms with Crippen molar-refractivity contribution < 1.29 is 4.79 Å². The Morgan fingerprint density at radius 2 is 2.15 bits per heavy atom. The van der Waals surface area contributed by atoms with E-state index in [0.717, 1.165) is 17.9 Å². The number of nitrogens with zero attached hydrogens (tertiary/aromatic N) is 4. The standard InChI is InChI=1S/C19H24N6O/c1-25-12-14(9-23-25)16-11-22-18-17(24-16)15(10-21-18)19(26)20-8-7-13-5-3-2-4-6-13/h9-13H,2-8H2,1H3,(H,20,26)(H,21,22). The van der Waals surface area contributed by atoms with Crippen molar-refractivity contribution in [2.75, 3.05) is 6.54 Å². The van der Waals surface area contributed by atoms with Gasteiger partial charge in [0.05, 0.1) is 23.7 Å². The van der Waals surface area contributed by atoms with Gasteiger partial charge in [0.1, 0.15) is 5.52 Å². The minimum Gasteiger partial charge on any atom is -0.352 e. The van der Waals surface area contributed by atoms with Crippen molar-refractivity contribution in [3.05, 3.63) is 30.4 Å². The summed E-state index contributed by atoms with van der Waals surface area (Å²) in [5.74, 6) is 0.661. The van der Waals surface area contributed by atoms with E-state index in [4.69, 9.17) is 0 Å². The summed E-state index contributed by atoms with van der Waals surface area (Å²) in [5, 5.41) is 7.21. The van der Waals surface area contributed by atoms with Crippen LogP contribution in [-0.2, 0) is 7.05 Å². The molecule has 0 unspecified atom stereocenters. The highest BCUT2D eigenvalue weighted by atomic mass is 16.1. The van der Waals surface area contributed by atoms with Gasteiger partial charge in [-0.1, -0.05) is 32.1 Å². The lowest BCUT2D eigenvalue weighted by atomic mass is 9.87. The Hall–Kier alpha value is -2.70. The van der Waals surface area contributed by atoms with E-state index in [0.29, 0.717) is 29.0 Å². The molecule has 0 aromatic carbocycles. The number of rotatable bonds is 5. The van der Waals surface area contributed by atoms with Gasteiger partial charge >= 0.3 is 0 Å². The van der Waals surface area contributed by atoms with Gasteiger partial charge in [0.25, 0.3) is 5.91 Å². The van der Waals surface area contributed by atoms with E-state index in [1.807, 2.05) is 13.2 Å². The third-order valence-corrected chi connectivity index (χ3v) is 5.19. The molecule has 0 bridgehead atoms. The number of aryl methyl sites for hydroxylation is 1. The van der Waals surface area contributed by atoms with Crippen LogP contribution in [0, 0.1) is 5.92 Å². The molecular formula is C19H24N6O. The molecule has 26 heavy (non-hydrogen) atoms. The molecule has 1 fully saturated rings. The number of carbonyl (C=O) groups is 1. The van der Waals surface area contributed by atoms with Crippen molar-refractivity contribution in [2.24, 2.45) is 13.0 Å². The van der Waals surface area contributed by atoms with E-state index in [-0.39, 0.29) is 5.91 Å². The highest BCUT2D eigenvalue weighted by Gasteiger charge is 2.17. The van der Waals surface area contributed by atoms with E-state index >= 15 is 0 Å². The Balaban J connectivity index is 1.47. The predicted molar refractivity (Wildman–Crippen MR) is 99.6 cm³/mol. The smallest absolute Gasteiger partial charge is 0.255 e.